The Hall–Kier alpha value is 0.949. The first-order chi connectivity index (χ1) is 1.73. The van der Waals surface area contributed by atoms with Gasteiger partial charge >= 0.3 is 35.5 Å². The molecular weight excluding hydrogens is 134 g/mol. The molecule has 1 radical (unpaired) electrons. The SMILES string of the molecule is CP(C)[Se]. The van der Waals surface area contributed by atoms with Gasteiger partial charge in [-0.05, 0) is 0 Å². The summed E-state index contributed by atoms with van der Waals surface area (Å²) in [7, 11) is 0. The zero-order valence-electron chi connectivity index (χ0n) is 2.86. The van der Waals surface area contributed by atoms with Crippen LogP contribution in [0.2, 0.25) is 0 Å². The third-order valence-corrected chi connectivity index (χ3v) is 0. The summed E-state index contributed by atoms with van der Waals surface area (Å²) in [4.78, 5) is 0. The van der Waals surface area contributed by atoms with Crippen molar-refractivity contribution >= 4 is 22.2 Å². The third-order valence-electron chi connectivity index (χ3n) is 0. The maximum atomic E-state index is 2.97. The standard InChI is InChI=1S/C2H6PSe/c1-3(2)4/h1-2H3. The van der Waals surface area contributed by atoms with E-state index >= 15 is 0 Å². The van der Waals surface area contributed by atoms with Crippen molar-refractivity contribution in [1.82, 2.24) is 0 Å². The van der Waals surface area contributed by atoms with E-state index in [1.54, 1.807) is 0 Å². The second-order valence-electron chi connectivity index (χ2n) is 0.812. The van der Waals surface area contributed by atoms with Crippen LogP contribution in [0, 0.1) is 0 Å². The predicted molar refractivity (Wildman–Crippen MR) is 24.5 cm³/mol. The van der Waals surface area contributed by atoms with Crippen molar-refractivity contribution in [3.05, 3.63) is 0 Å². The fourth-order valence-corrected chi connectivity index (χ4v) is 0. The Morgan fingerprint density at radius 2 is 1.50 bits per heavy atom. The summed E-state index contributed by atoms with van der Waals surface area (Å²) < 4.78 is 0. The van der Waals surface area contributed by atoms with E-state index < -0.39 is 0 Å². The Morgan fingerprint density at radius 1 is 1.50 bits per heavy atom. The van der Waals surface area contributed by atoms with Crippen LogP contribution in [0.1, 0.15) is 0 Å². The summed E-state index contributed by atoms with van der Waals surface area (Å²) in [5, 5.41) is 0. The van der Waals surface area contributed by atoms with Crippen LogP contribution in [0.5, 0.6) is 0 Å². The van der Waals surface area contributed by atoms with E-state index in [0.717, 1.165) is 0 Å². The van der Waals surface area contributed by atoms with Crippen LogP contribution in [0.3, 0.4) is 0 Å². The maximum absolute atomic E-state index is 2.97. The second-order valence-corrected chi connectivity index (χ2v) is 7.03. The number of hydrogen-bond donors (Lipinski definition) is 0. The molecule has 0 aromatic carbocycles. The van der Waals surface area contributed by atoms with Gasteiger partial charge in [-0.1, -0.05) is 0 Å². The molecule has 25 valence electrons. The fourth-order valence-electron chi connectivity index (χ4n) is 0. The Bertz CT molecular complexity index is 10.8. The van der Waals surface area contributed by atoms with Crippen molar-refractivity contribution in [3.63, 3.8) is 0 Å². The molecule has 0 atom stereocenters. The van der Waals surface area contributed by atoms with E-state index in [0.29, 0.717) is 0 Å². The van der Waals surface area contributed by atoms with Gasteiger partial charge in [0.1, 0.15) is 0 Å². The third kappa shape index (κ3) is 12.4. The average molecular weight is 140 g/mol. The van der Waals surface area contributed by atoms with Crippen molar-refractivity contribution in [3.8, 4) is 0 Å². The van der Waals surface area contributed by atoms with Gasteiger partial charge in [-0.2, -0.15) is 0 Å². The van der Waals surface area contributed by atoms with Crippen LogP contribution >= 0.6 is 6.61 Å². The molecule has 0 aliphatic heterocycles. The van der Waals surface area contributed by atoms with Crippen molar-refractivity contribution in [2.24, 2.45) is 0 Å². The first-order valence-corrected chi connectivity index (χ1v) is 5.53. The molecule has 0 saturated heterocycles. The summed E-state index contributed by atoms with van der Waals surface area (Å²) in [5.74, 6) is 0. The van der Waals surface area contributed by atoms with Crippen LogP contribution in [0.25, 0.3) is 0 Å². The quantitative estimate of drug-likeness (QED) is 0.345. The van der Waals surface area contributed by atoms with E-state index in [1.165, 1.54) is 0 Å². The molecule has 0 spiro atoms. The molecule has 0 amide bonds. The van der Waals surface area contributed by atoms with E-state index in [-0.39, 0.29) is 6.61 Å². The molecular formula is C2H6PSe. The van der Waals surface area contributed by atoms with Crippen LogP contribution in [-0.2, 0) is 0 Å². The first kappa shape index (κ1) is 4.95. The Kier molecular flexibility index (Phi) is 2.73. The minimum atomic E-state index is 0.255. The zero-order valence-corrected chi connectivity index (χ0v) is 5.46. The van der Waals surface area contributed by atoms with Crippen molar-refractivity contribution < 1.29 is 0 Å². The molecule has 2 heteroatoms. The molecule has 0 aromatic rings. The minimum absolute atomic E-state index is 0.255. The Balaban J connectivity index is 2.32. The molecule has 0 aromatic heterocycles. The summed E-state index contributed by atoms with van der Waals surface area (Å²) in [5.41, 5.74) is 0. The van der Waals surface area contributed by atoms with Crippen LogP contribution < -0.4 is 0 Å². The van der Waals surface area contributed by atoms with Gasteiger partial charge in [0.15, 0.2) is 0 Å². The fraction of sp³-hybridized carbons (Fsp3) is 1.00. The van der Waals surface area contributed by atoms with E-state index in [9.17, 15) is 0 Å². The van der Waals surface area contributed by atoms with Gasteiger partial charge in [-0.3, -0.25) is 0 Å². The summed E-state index contributed by atoms with van der Waals surface area (Å²) in [6.45, 7) is 4.61. The van der Waals surface area contributed by atoms with E-state index in [4.69, 9.17) is 0 Å². The summed E-state index contributed by atoms with van der Waals surface area (Å²) in [6, 6.07) is 0. The molecule has 0 rings (SSSR count). The topological polar surface area (TPSA) is 0 Å². The van der Waals surface area contributed by atoms with Crippen molar-refractivity contribution in [2.75, 3.05) is 13.3 Å². The normalized spacial score (nSPS) is 9.00. The number of rotatable bonds is 0. The molecule has 0 aliphatic rings. The number of hydrogen-bond acceptors (Lipinski definition) is 0. The van der Waals surface area contributed by atoms with Crippen LogP contribution in [-0.4, -0.2) is 28.9 Å². The van der Waals surface area contributed by atoms with Gasteiger partial charge in [0.2, 0.25) is 0 Å². The summed E-state index contributed by atoms with van der Waals surface area (Å²) >= 11 is 2.97. The molecule has 0 heterocycles. The Morgan fingerprint density at radius 3 is 1.50 bits per heavy atom. The van der Waals surface area contributed by atoms with Crippen LogP contribution in [0.4, 0.5) is 0 Å². The molecule has 0 saturated carbocycles. The van der Waals surface area contributed by atoms with Gasteiger partial charge < -0.3 is 0 Å². The predicted octanol–water partition coefficient (Wildman–Crippen LogP) is 0.811. The molecule has 0 nitrogen and oxygen atoms in total. The van der Waals surface area contributed by atoms with Gasteiger partial charge in [-0.15, -0.1) is 0 Å². The zero-order chi connectivity index (χ0) is 3.58. The van der Waals surface area contributed by atoms with Crippen molar-refractivity contribution in [2.45, 2.75) is 0 Å². The van der Waals surface area contributed by atoms with Crippen molar-refractivity contribution in [1.29, 1.82) is 0 Å². The molecule has 0 N–H and O–H groups in total. The molecule has 0 unspecified atom stereocenters. The van der Waals surface area contributed by atoms with Gasteiger partial charge in [0, 0.05) is 0 Å². The average Bonchev–Trinajstić information content (AvgIpc) is 0.811. The van der Waals surface area contributed by atoms with Gasteiger partial charge in [-0.25, -0.2) is 0 Å². The monoisotopic (exact) mass is 141 g/mol. The molecule has 0 bridgehead atoms. The molecule has 0 aliphatic carbocycles. The van der Waals surface area contributed by atoms with E-state index in [2.05, 4.69) is 28.9 Å². The summed E-state index contributed by atoms with van der Waals surface area (Å²) in [6.07, 6.45) is 0. The molecule has 4 heavy (non-hydrogen) atoms. The van der Waals surface area contributed by atoms with E-state index in [1.807, 2.05) is 0 Å². The second kappa shape index (κ2) is 2.20. The van der Waals surface area contributed by atoms with Crippen LogP contribution in [0.15, 0.2) is 0 Å². The Labute approximate surface area is 36.1 Å². The van der Waals surface area contributed by atoms with Gasteiger partial charge in [0.25, 0.3) is 0 Å². The molecule has 0 fully saturated rings. The van der Waals surface area contributed by atoms with Gasteiger partial charge in [0.05, 0.1) is 0 Å². The first-order valence-electron chi connectivity index (χ1n) is 1.08.